The Balaban J connectivity index is 2.02. The molecule has 0 aliphatic heterocycles. The van der Waals surface area contributed by atoms with E-state index in [2.05, 4.69) is 20.8 Å². The van der Waals surface area contributed by atoms with Crippen molar-refractivity contribution in [3.8, 4) is 0 Å². The summed E-state index contributed by atoms with van der Waals surface area (Å²) in [6.45, 7) is 7.14. The van der Waals surface area contributed by atoms with Gasteiger partial charge in [-0.3, -0.25) is 0 Å². The molecule has 2 unspecified atom stereocenters. The molecule has 86 valence electrons. The highest BCUT2D eigenvalue weighted by molar-refractivity contribution is 5.12. The third kappa shape index (κ3) is 1.32. The lowest BCUT2D eigenvalue weighted by atomic mass is 9.41. The van der Waals surface area contributed by atoms with Crippen LogP contribution in [0.1, 0.15) is 59.3 Å². The largest absolute Gasteiger partial charge is 0.390 e. The SMILES string of the molecule is CC(C)C12C[C@@H]3CC(O)(C1)C[C@@](C)(C3)C2. The third-order valence-corrected chi connectivity index (χ3v) is 5.59. The van der Waals surface area contributed by atoms with Crippen molar-refractivity contribution in [2.24, 2.45) is 22.7 Å². The molecule has 0 amide bonds. The molecule has 15 heavy (non-hydrogen) atoms. The molecule has 4 fully saturated rings. The topological polar surface area (TPSA) is 20.2 Å². The van der Waals surface area contributed by atoms with E-state index in [-0.39, 0.29) is 5.60 Å². The van der Waals surface area contributed by atoms with Gasteiger partial charge in [-0.15, -0.1) is 0 Å². The fourth-order valence-electron chi connectivity index (χ4n) is 5.59. The maximum atomic E-state index is 10.7. The molecule has 1 heteroatoms. The van der Waals surface area contributed by atoms with Gasteiger partial charge >= 0.3 is 0 Å². The lowest BCUT2D eigenvalue weighted by Gasteiger charge is -2.65. The smallest absolute Gasteiger partial charge is 0.0661 e. The number of hydrogen-bond donors (Lipinski definition) is 1. The van der Waals surface area contributed by atoms with Crippen LogP contribution in [0.2, 0.25) is 0 Å². The molecule has 1 nitrogen and oxygen atoms in total. The Kier molecular flexibility index (Phi) is 1.77. The minimum Gasteiger partial charge on any atom is -0.390 e. The Morgan fingerprint density at radius 2 is 1.80 bits per heavy atom. The zero-order valence-corrected chi connectivity index (χ0v) is 10.3. The molecular formula is C14H24O. The van der Waals surface area contributed by atoms with Crippen molar-refractivity contribution in [3.05, 3.63) is 0 Å². The Morgan fingerprint density at radius 3 is 2.33 bits per heavy atom. The van der Waals surface area contributed by atoms with Crippen LogP contribution in [-0.2, 0) is 0 Å². The van der Waals surface area contributed by atoms with Crippen LogP contribution >= 0.6 is 0 Å². The highest BCUT2D eigenvalue weighted by atomic mass is 16.3. The van der Waals surface area contributed by atoms with E-state index in [1.54, 1.807) is 0 Å². The first-order valence-corrected chi connectivity index (χ1v) is 6.57. The lowest BCUT2D eigenvalue weighted by molar-refractivity contribution is -0.207. The summed E-state index contributed by atoms with van der Waals surface area (Å²) in [6.07, 6.45) is 7.40. The van der Waals surface area contributed by atoms with Gasteiger partial charge in [-0.1, -0.05) is 20.8 Å². The molecule has 4 rings (SSSR count). The van der Waals surface area contributed by atoms with Crippen molar-refractivity contribution in [1.29, 1.82) is 0 Å². The van der Waals surface area contributed by atoms with Crippen LogP contribution in [0.4, 0.5) is 0 Å². The van der Waals surface area contributed by atoms with E-state index in [1.165, 1.54) is 19.3 Å². The molecule has 4 bridgehead atoms. The maximum Gasteiger partial charge on any atom is 0.0661 e. The van der Waals surface area contributed by atoms with E-state index in [9.17, 15) is 5.11 Å². The summed E-state index contributed by atoms with van der Waals surface area (Å²) in [6, 6.07) is 0. The summed E-state index contributed by atoms with van der Waals surface area (Å²) in [5.41, 5.74) is 0.639. The standard InChI is InChI=1S/C14H24O/c1-10(2)13-5-11-4-12(3,7-13)8-14(15,6-11)9-13/h10-11,15H,4-9H2,1-3H3/t11-,12+,13?,14?/m1/s1. The molecule has 0 radical (unpaired) electrons. The van der Waals surface area contributed by atoms with Gasteiger partial charge in [0.05, 0.1) is 5.60 Å². The van der Waals surface area contributed by atoms with Gasteiger partial charge in [0.15, 0.2) is 0 Å². The van der Waals surface area contributed by atoms with Crippen molar-refractivity contribution in [2.75, 3.05) is 0 Å². The summed E-state index contributed by atoms with van der Waals surface area (Å²) in [4.78, 5) is 0. The monoisotopic (exact) mass is 208 g/mol. The summed E-state index contributed by atoms with van der Waals surface area (Å²) >= 11 is 0. The fraction of sp³-hybridized carbons (Fsp3) is 1.00. The van der Waals surface area contributed by atoms with Crippen LogP contribution in [0.15, 0.2) is 0 Å². The molecule has 0 heterocycles. The number of aliphatic hydroxyl groups is 1. The first-order valence-electron chi connectivity index (χ1n) is 6.57. The minimum absolute atomic E-state index is 0.293. The van der Waals surface area contributed by atoms with Gasteiger partial charge in [-0.25, -0.2) is 0 Å². The van der Waals surface area contributed by atoms with E-state index < -0.39 is 0 Å². The van der Waals surface area contributed by atoms with Crippen LogP contribution in [0.25, 0.3) is 0 Å². The zero-order valence-electron chi connectivity index (χ0n) is 10.3. The van der Waals surface area contributed by atoms with Crippen molar-refractivity contribution in [2.45, 2.75) is 64.9 Å². The van der Waals surface area contributed by atoms with Crippen LogP contribution < -0.4 is 0 Å². The second-order valence-electron chi connectivity index (χ2n) is 7.56. The minimum atomic E-state index is -0.293. The zero-order chi connectivity index (χ0) is 10.9. The molecular weight excluding hydrogens is 184 g/mol. The molecule has 4 atom stereocenters. The second-order valence-corrected chi connectivity index (χ2v) is 7.56. The summed E-state index contributed by atoms with van der Waals surface area (Å²) in [5.74, 6) is 1.56. The van der Waals surface area contributed by atoms with Gasteiger partial charge in [0.2, 0.25) is 0 Å². The molecule has 0 spiro atoms. The van der Waals surface area contributed by atoms with E-state index in [0.717, 1.165) is 31.1 Å². The average Bonchev–Trinajstić information content (AvgIpc) is 1.95. The molecule has 0 aromatic rings. The molecule has 1 N–H and O–H groups in total. The first-order chi connectivity index (χ1) is 6.85. The van der Waals surface area contributed by atoms with Gasteiger partial charge < -0.3 is 5.11 Å². The highest BCUT2D eigenvalue weighted by Crippen LogP contribution is 2.68. The summed E-state index contributed by atoms with van der Waals surface area (Å²) in [5, 5.41) is 10.7. The summed E-state index contributed by atoms with van der Waals surface area (Å²) in [7, 11) is 0. The van der Waals surface area contributed by atoms with E-state index in [4.69, 9.17) is 0 Å². The third-order valence-electron chi connectivity index (χ3n) is 5.59. The van der Waals surface area contributed by atoms with Crippen molar-refractivity contribution in [3.63, 3.8) is 0 Å². The van der Waals surface area contributed by atoms with Gasteiger partial charge in [-0.2, -0.15) is 0 Å². The van der Waals surface area contributed by atoms with Gasteiger partial charge in [0.25, 0.3) is 0 Å². The molecule has 4 aliphatic carbocycles. The summed E-state index contributed by atoms with van der Waals surface area (Å²) < 4.78 is 0. The van der Waals surface area contributed by atoms with E-state index in [1.807, 2.05) is 0 Å². The lowest BCUT2D eigenvalue weighted by Crippen LogP contribution is -2.60. The quantitative estimate of drug-likeness (QED) is 0.700. The highest BCUT2D eigenvalue weighted by Gasteiger charge is 2.61. The Hall–Kier alpha value is -0.0400. The average molecular weight is 208 g/mol. The Labute approximate surface area is 93.3 Å². The predicted octanol–water partition coefficient (Wildman–Crippen LogP) is 3.36. The second kappa shape index (κ2) is 2.61. The van der Waals surface area contributed by atoms with Gasteiger partial charge in [-0.05, 0) is 61.2 Å². The normalized spacial score (nSPS) is 57.8. The van der Waals surface area contributed by atoms with Crippen molar-refractivity contribution >= 4 is 0 Å². The van der Waals surface area contributed by atoms with Gasteiger partial charge in [0, 0.05) is 0 Å². The van der Waals surface area contributed by atoms with Crippen LogP contribution in [0, 0.1) is 22.7 Å². The number of hydrogen-bond acceptors (Lipinski definition) is 1. The van der Waals surface area contributed by atoms with Crippen LogP contribution in [0.5, 0.6) is 0 Å². The van der Waals surface area contributed by atoms with Crippen LogP contribution in [0.3, 0.4) is 0 Å². The van der Waals surface area contributed by atoms with Crippen molar-refractivity contribution < 1.29 is 5.11 Å². The molecule has 0 saturated heterocycles. The molecule has 4 aliphatic rings. The molecule has 0 aromatic heterocycles. The molecule has 4 saturated carbocycles. The maximum absolute atomic E-state index is 10.7. The number of rotatable bonds is 1. The van der Waals surface area contributed by atoms with E-state index >= 15 is 0 Å². The predicted molar refractivity (Wildman–Crippen MR) is 61.5 cm³/mol. The van der Waals surface area contributed by atoms with Gasteiger partial charge in [0.1, 0.15) is 0 Å². The molecule has 0 aromatic carbocycles. The Morgan fingerprint density at radius 1 is 1.07 bits per heavy atom. The van der Waals surface area contributed by atoms with E-state index in [0.29, 0.717) is 10.8 Å². The Bertz CT molecular complexity index is 276. The first kappa shape index (κ1) is 10.1. The fourth-order valence-corrected chi connectivity index (χ4v) is 5.59. The van der Waals surface area contributed by atoms with Crippen LogP contribution in [-0.4, -0.2) is 10.7 Å². The van der Waals surface area contributed by atoms with Crippen molar-refractivity contribution in [1.82, 2.24) is 0 Å².